The zero-order valence-corrected chi connectivity index (χ0v) is 12.3. The third kappa shape index (κ3) is 2.54. The predicted octanol–water partition coefficient (Wildman–Crippen LogP) is 3.01. The van der Waals surface area contributed by atoms with Gasteiger partial charge in [-0.25, -0.2) is 4.98 Å². The molecule has 0 radical (unpaired) electrons. The molecule has 0 saturated carbocycles. The number of nitrogens with one attached hydrogen (secondary N) is 2. The van der Waals surface area contributed by atoms with Crippen molar-refractivity contribution in [2.45, 2.75) is 27.3 Å². The number of carbonyl (C=O) groups excluding carboxylic acids is 1. The number of carbonyl (C=O) groups is 1. The molecule has 0 fully saturated rings. The molecule has 0 aliphatic heterocycles. The van der Waals surface area contributed by atoms with Crippen LogP contribution in [-0.4, -0.2) is 15.9 Å². The molecule has 5 heteroatoms. The number of fused-ring (bicyclic) bond motifs is 1. The number of oxazole rings is 1. The number of benzene rings is 1. The summed E-state index contributed by atoms with van der Waals surface area (Å²) in [4.78, 5) is 19.6. The van der Waals surface area contributed by atoms with Crippen LogP contribution in [0.15, 0.2) is 28.8 Å². The molecule has 0 atom stereocenters. The number of aromatic amines is 1. The fourth-order valence-corrected chi connectivity index (χ4v) is 2.34. The van der Waals surface area contributed by atoms with Crippen molar-refractivity contribution < 1.29 is 9.21 Å². The van der Waals surface area contributed by atoms with Crippen molar-refractivity contribution >= 4 is 16.8 Å². The van der Waals surface area contributed by atoms with E-state index in [1.165, 1.54) is 5.56 Å². The van der Waals surface area contributed by atoms with E-state index in [4.69, 9.17) is 4.42 Å². The Labute approximate surface area is 122 Å². The Bertz CT molecular complexity index is 814. The van der Waals surface area contributed by atoms with Gasteiger partial charge in [0.05, 0.1) is 12.7 Å². The summed E-state index contributed by atoms with van der Waals surface area (Å²) in [6, 6.07) is 5.65. The second-order valence-electron chi connectivity index (χ2n) is 5.18. The topological polar surface area (TPSA) is 70.9 Å². The quantitative estimate of drug-likeness (QED) is 0.776. The number of aryl methyl sites for hydroxylation is 3. The summed E-state index contributed by atoms with van der Waals surface area (Å²) >= 11 is 0. The molecule has 0 spiro atoms. The molecule has 2 aromatic heterocycles. The van der Waals surface area contributed by atoms with Crippen molar-refractivity contribution in [1.29, 1.82) is 0 Å². The number of rotatable bonds is 3. The van der Waals surface area contributed by atoms with E-state index >= 15 is 0 Å². The predicted molar refractivity (Wildman–Crippen MR) is 80.2 cm³/mol. The Morgan fingerprint density at radius 3 is 2.86 bits per heavy atom. The molecule has 3 rings (SSSR count). The van der Waals surface area contributed by atoms with E-state index in [-0.39, 0.29) is 12.5 Å². The third-order valence-corrected chi connectivity index (χ3v) is 3.64. The largest absolute Gasteiger partial charge is 0.444 e. The Kier molecular flexibility index (Phi) is 3.25. The highest BCUT2D eigenvalue weighted by Crippen LogP contribution is 2.22. The number of nitrogens with zero attached hydrogens (tertiary/aromatic N) is 1. The minimum absolute atomic E-state index is 0.133. The first-order valence-corrected chi connectivity index (χ1v) is 6.83. The van der Waals surface area contributed by atoms with Gasteiger partial charge in [-0.05, 0) is 44.5 Å². The van der Waals surface area contributed by atoms with Gasteiger partial charge in [0.15, 0.2) is 0 Å². The molecule has 3 aromatic rings. The molecule has 0 saturated heterocycles. The maximum Gasteiger partial charge on any atom is 0.251 e. The van der Waals surface area contributed by atoms with Crippen LogP contribution in [0.25, 0.3) is 10.9 Å². The Balaban J connectivity index is 1.79. The second kappa shape index (κ2) is 5.09. The summed E-state index contributed by atoms with van der Waals surface area (Å²) < 4.78 is 5.33. The fourth-order valence-electron chi connectivity index (χ4n) is 2.34. The van der Waals surface area contributed by atoms with Crippen LogP contribution in [0.3, 0.4) is 0 Å². The average Bonchev–Trinajstić information content (AvgIpc) is 3.01. The van der Waals surface area contributed by atoms with Crippen molar-refractivity contribution in [2.75, 3.05) is 0 Å². The average molecular weight is 283 g/mol. The van der Waals surface area contributed by atoms with E-state index in [0.29, 0.717) is 11.5 Å². The Morgan fingerprint density at radius 2 is 2.14 bits per heavy atom. The molecule has 0 aliphatic carbocycles. The first-order valence-electron chi connectivity index (χ1n) is 6.83. The smallest absolute Gasteiger partial charge is 0.251 e. The van der Waals surface area contributed by atoms with Crippen LogP contribution in [0.2, 0.25) is 0 Å². The van der Waals surface area contributed by atoms with Crippen molar-refractivity contribution in [3.8, 4) is 0 Å². The van der Waals surface area contributed by atoms with Gasteiger partial charge in [0, 0.05) is 22.2 Å². The number of hydrogen-bond acceptors (Lipinski definition) is 3. The summed E-state index contributed by atoms with van der Waals surface area (Å²) in [6.07, 6.45) is 1.64. The van der Waals surface area contributed by atoms with Gasteiger partial charge in [-0.15, -0.1) is 0 Å². The maximum absolute atomic E-state index is 12.2. The lowest BCUT2D eigenvalue weighted by atomic mass is 10.1. The van der Waals surface area contributed by atoms with Gasteiger partial charge in [-0.1, -0.05) is 0 Å². The summed E-state index contributed by atoms with van der Waals surface area (Å²) in [6.45, 7) is 6.19. The molecule has 1 aromatic carbocycles. The highest BCUT2D eigenvalue weighted by molar-refractivity contribution is 5.98. The number of amides is 1. The molecule has 1 amide bonds. The van der Waals surface area contributed by atoms with Crippen LogP contribution in [-0.2, 0) is 6.54 Å². The molecule has 0 aliphatic rings. The summed E-state index contributed by atoms with van der Waals surface area (Å²) in [5.74, 6) is 1.11. The molecule has 21 heavy (non-hydrogen) atoms. The van der Waals surface area contributed by atoms with Crippen LogP contribution in [0.5, 0.6) is 0 Å². The fraction of sp³-hybridized carbons (Fsp3) is 0.250. The molecular weight excluding hydrogens is 266 g/mol. The Morgan fingerprint density at radius 1 is 1.33 bits per heavy atom. The zero-order valence-electron chi connectivity index (χ0n) is 12.3. The van der Waals surface area contributed by atoms with Crippen molar-refractivity contribution in [1.82, 2.24) is 15.3 Å². The molecule has 2 N–H and O–H groups in total. The SMILES string of the molecule is Cc1cnc(CNC(=O)c2ccc3[nH]c(C)c(C)c3c2)o1. The normalized spacial score (nSPS) is 11.0. The van der Waals surface area contributed by atoms with Gasteiger partial charge in [0.25, 0.3) is 5.91 Å². The van der Waals surface area contributed by atoms with Crippen LogP contribution in [0.1, 0.15) is 33.3 Å². The number of hydrogen-bond donors (Lipinski definition) is 2. The van der Waals surface area contributed by atoms with Crippen LogP contribution in [0.4, 0.5) is 0 Å². The van der Waals surface area contributed by atoms with Crippen molar-refractivity contribution in [3.05, 3.63) is 52.9 Å². The molecule has 108 valence electrons. The summed E-state index contributed by atoms with van der Waals surface area (Å²) in [7, 11) is 0. The lowest BCUT2D eigenvalue weighted by molar-refractivity contribution is 0.0947. The minimum atomic E-state index is -0.133. The first-order chi connectivity index (χ1) is 10.0. The lowest BCUT2D eigenvalue weighted by Gasteiger charge is -2.03. The van der Waals surface area contributed by atoms with Crippen LogP contribution >= 0.6 is 0 Å². The standard InChI is InChI=1S/C16H17N3O2/c1-9-7-17-15(21-9)8-18-16(20)12-4-5-14-13(6-12)10(2)11(3)19-14/h4-7,19H,8H2,1-3H3,(H,18,20). The van der Waals surface area contributed by atoms with E-state index < -0.39 is 0 Å². The number of aromatic nitrogens is 2. The van der Waals surface area contributed by atoms with E-state index in [0.717, 1.165) is 22.4 Å². The minimum Gasteiger partial charge on any atom is -0.444 e. The first kappa shape index (κ1) is 13.4. The van der Waals surface area contributed by atoms with Crippen molar-refractivity contribution in [2.24, 2.45) is 0 Å². The van der Waals surface area contributed by atoms with Crippen molar-refractivity contribution in [3.63, 3.8) is 0 Å². The van der Waals surface area contributed by atoms with E-state index in [9.17, 15) is 4.79 Å². The molecule has 5 nitrogen and oxygen atoms in total. The summed E-state index contributed by atoms with van der Waals surface area (Å²) in [5.41, 5.74) is 3.97. The van der Waals surface area contributed by atoms with Crippen LogP contribution < -0.4 is 5.32 Å². The highest BCUT2D eigenvalue weighted by Gasteiger charge is 2.10. The van der Waals surface area contributed by atoms with Crippen LogP contribution in [0, 0.1) is 20.8 Å². The molecule has 0 unspecified atom stereocenters. The third-order valence-electron chi connectivity index (χ3n) is 3.64. The lowest BCUT2D eigenvalue weighted by Crippen LogP contribution is -2.22. The highest BCUT2D eigenvalue weighted by atomic mass is 16.4. The second-order valence-corrected chi connectivity index (χ2v) is 5.18. The molecule has 2 heterocycles. The van der Waals surface area contributed by atoms with E-state index in [2.05, 4.69) is 15.3 Å². The zero-order chi connectivity index (χ0) is 15.0. The monoisotopic (exact) mass is 283 g/mol. The molecular formula is C16H17N3O2. The maximum atomic E-state index is 12.2. The van der Waals surface area contributed by atoms with Gasteiger partial charge in [0.2, 0.25) is 5.89 Å². The summed E-state index contributed by atoms with van der Waals surface area (Å²) in [5, 5.41) is 3.89. The van der Waals surface area contributed by atoms with Gasteiger partial charge in [0.1, 0.15) is 5.76 Å². The van der Waals surface area contributed by atoms with Gasteiger partial charge >= 0.3 is 0 Å². The van der Waals surface area contributed by atoms with E-state index in [1.54, 1.807) is 6.20 Å². The van der Waals surface area contributed by atoms with Gasteiger partial charge in [-0.3, -0.25) is 4.79 Å². The van der Waals surface area contributed by atoms with Gasteiger partial charge in [-0.2, -0.15) is 0 Å². The molecule has 0 bridgehead atoms. The van der Waals surface area contributed by atoms with E-state index in [1.807, 2.05) is 39.0 Å². The van der Waals surface area contributed by atoms with Gasteiger partial charge < -0.3 is 14.7 Å². The Hall–Kier alpha value is -2.56. The number of H-pyrrole nitrogens is 1.